The molecule has 2 aliphatic rings. The molecule has 2 aliphatic heterocycles. The van der Waals surface area contributed by atoms with Gasteiger partial charge in [0.1, 0.15) is 0 Å². The maximum Gasteiger partial charge on any atom is 0.303 e. The Labute approximate surface area is 97.2 Å². The first-order chi connectivity index (χ1) is 7.68. The van der Waals surface area contributed by atoms with E-state index >= 15 is 0 Å². The monoisotopic (exact) mass is 226 g/mol. The van der Waals surface area contributed by atoms with Crippen LogP contribution >= 0.6 is 0 Å². The van der Waals surface area contributed by atoms with E-state index in [-0.39, 0.29) is 0 Å². The van der Waals surface area contributed by atoms with Crippen molar-refractivity contribution in [1.29, 1.82) is 0 Å². The minimum absolute atomic E-state index is 0.297. The summed E-state index contributed by atoms with van der Waals surface area (Å²) >= 11 is 0. The number of carboxylic acids is 1. The third-order valence-corrected chi connectivity index (χ3v) is 4.04. The van der Waals surface area contributed by atoms with Crippen LogP contribution in [0.3, 0.4) is 0 Å². The molecule has 2 unspecified atom stereocenters. The second kappa shape index (κ2) is 5.15. The molecule has 92 valence electrons. The van der Waals surface area contributed by atoms with E-state index < -0.39 is 5.97 Å². The first-order valence-electron chi connectivity index (χ1n) is 6.34. The Morgan fingerprint density at radius 3 is 3.00 bits per heavy atom. The van der Waals surface area contributed by atoms with Gasteiger partial charge in [0, 0.05) is 25.0 Å². The molecular formula is C12H22N2O2. The highest BCUT2D eigenvalue weighted by molar-refractivity contribution is 5.66. The quantitative estimate of drug-likeness (QED) is 0.760. The summed E-state index contributed by atoms with van der Waals surface area (Å²) in [4.78, 5) is 15.4. The molecule has 4 nitrogen and oxygen atoms in total. The van der Waals surface area contributed by atoms with Gasteiger partial charge in [-0.3, -0.25) is 9.69 Å². The highest BCUT2D eigenvalue weighted by atomic mass is 16.4. The zero-order valence-corrected chi connectivity index (χ0v) is 10.1. The van der Waals surface area contributed by atoms with Crippen molar-refractivity contribution in [3.05, 3.63) is 0 Å². The summed E-state index contributed by atoms with van der Waals surface area (Å²) < 4.78 is 0. The topological polar surface area (TPSA) is 43.8 Å². The highest BCUT2D eigenvalue weighted by Crippen LogP contribution is 2.30. The van der Waals surface area contributed by atoms with Gasteiger partial charge in [0.05, 0.1) is 0 Å². The van der Waals surface area contributed by atoms with Gasteiger partial charge in [-0.1, -0.05) is 0 Å². The van der Waals surface area contributed by atoms with E-state index in [0.29, 0.717) is 12.5 Å². The Hall–Kier alpha value is -0.610. The molecule has 1 N–H and O–H groups in total. The lowest BCUT2D eigenvalue weighted by Crippen LogP contribution is -2.41. The van der Waals surface area contributed by atoms with Crippen LogP contribution in [0.4, 0.5) is 0 Å². The molecular weight excluding hydrogens is 204 g/mol. The summed E-state index contributed by atoms with van der Waals surface area (Å²) in [5.41, 5.74) is 0. The molecule has 2 heterocycles. The van der Waals surface area contributed by atoms with Gasteiger partial charge in [0.15, 0.2) is 0 Å². The van der Waals surface area contributed by atoms with Gasteiger partial charge >= 0.3 is 5.97 Å². The summed E-state index contributed by atoms with van der Waals surface area (Å²) in [6, 6.07) is 1.41. The summed E-state index contributed by atoms with van der Waals surface area (Å²) in [7, 11) is 2.15. The van der Waals surface area contributed by atoms with Crippen LogP contribution in [0.1, 0.15) is 32.1 Å². The highest BCUT2D eigenvalue weighted by Gasteiger charge is 2.38. The van der Waals surface area contributed by atoms with Crippen LogP contribution < -0.4 is 0 Å². The minimum atomic E-state index is -0.678. The molecule has 0 radical (unpaired) electrons. The number of fused-ring (bicyclic) bond motifs is 1. The van der Waals surface area contributed by atoms with Gasteiger partial charge in [0.2, 0.25) is 0 Å². The van der Waals surface area contributed by atoms with E-state index in [1.165, 1.54) is 32.4 Å². The Kier molecular flexibility index (Phi) is 3.82. The smallest absolute Gasteiger partial charge is 0.303 e. The van der Waals surface area contributed by atoms with Gasteiger partial charge in [-0.2, -0.15) is 0 Å². The molecule has 2 saturated heterocycles. The molecule has 0 aromatic heterocycles. The molecule has 0 spiro atoms. The van der Waals surface area contributed by atoms with Gasteiger partial charge in [-0.15, -0.1) is 0 Å². The maximum atomic E-state index is 10.5. The third kappa shape index (κ3) is 2.55. The number of hydrogen-bond acceptors (Lipinski definition) is 3. The van der Waals surface area contributed by atoms with Crippen LogP contribution in [0.15, 0.2) is 0 Å². The van der Waals surface area contributed by atoms with Crippen molar-refractivity contribution >= 4 is 5.97 Å². The first-order valence-corrected chi connectivity index (χ1v) is 6.34. The van der Waals surface area contributed by atoms with Crippen molar-refractivity contribution in [2.75, 3.05) is 26.7 Å². The van der Waals surface area contributed by atoms with Gasteiger partial charge in [-0.05, 0) is 45.8 Å². The Morgan fingerprint density at radius 1 is 1.44 bits per heavy atom. The van der Waals surface area contributed by atoms with Crippen LogP contribution in [-0.4, -0.2) is 59.6 Å². The average Bonchev–Trinajstić information content (AvgIpc) is 2.76. The van der Waals surface area contributed by atoms with Gasteiger partial charge in [-0.25, -0.2) is 0 Å². The minimum Gasteiger partial charge on any atom is -0.481 e. The molecule has 4 heteroatoms. The molecule has 2 rings (SSSR count). The van der Waals surface area contributed by atoms with Crippen molar-refractivity contribution in [2.45, 2.75) is 44.2 Å². The fourth-order valence-electron chi connectivity index (χ4n) is 3.22. The lowest BCUT2D eigenvalue weighted by Gasteiger charge is -2.29. The van der Waals surface area contributed by atoms with E-state index in [4.69, 9.17) is 5.11 Å². The predicted molar refractivity (Wildman–Crippen MR) is 62.5 cm³/mol. The molecule has 2 atom stereocenters. The molecule has 0 aromatic carbocycles. The number of rotatable bonds is 5. The summed E-state index contributed by atoms with van der Waals surface area (Å²) in [6.45, 7) is 3.42. The fourth-order valence-corrected chi connectivity index (χ4v) is 3.22. The number of nitrogens with zero attached hydrogens (tertiary/aromatic N) is 2. The average molecular weight is 226 g/mol. The third-order valence-electron chi connectivity index (χ3n) is 4.04. The number of hydrogen-bond donors (Lipinski definition) is 1. The molecule has 0 aromatic rings. The van der Waals surface area contributed by atoms with Crippen LogP contribution in [0.25, 0.3) is 0 Å². The van der Waals surface area contributed by atoms with E-state index in [9.17, 15) is 4.79 Å². The molecule has 0 bridgehead atoms. The van der Waals surface area contributed by atoms with Crippen LogP contribution in [0, 0.1) is 0 Å². The Bertz CT molecular complexity index is 257. The van der Waals surface area contributed by atoms with Gasteiger partial charge < -0.3 is 10.0 Å². The number of carbonyl (C=O) groups is 1. The number of aliphatic carboxylic acids is 1. The largest absolute Gasteiger partial charge is 0.481 e. The van der Waals surface area contributed by atoms with Crippen molar-refractivity contribution < 1.29 is 9.90 Å². The lowest BCUT2D eigenvalue weighted by atomic mass is 10.1. The van der Waals surface area contributed by atoms with Crippen molar-refractivity contribution in [2.24, 2.45) is 0 Å². The number of likely N-dealkylation sites (N-methyl/N-ethyl adjacent to an activating group) is 1. The van der Waals surface area contributed by atoms with E-state index in [0.717, 1.165) is 19.0 Å². The zero-order chi connectivity index (χ0) is 11.5. The molecule has 16 heavy (non-hydrogen) atoms. The summed E-state index contributed by atoms with van der Waals surface area (Å²) in [5, 5.41) is 8.62. The fraction of sp³-hybridized carbons (Fsp3) is 0.917. The van der Waals surface area contributed by atoms with Crippen molar-refractivity contribution in [3.63, 3.8) is 0 Å². The SMILES string of the molecule is CN(CCCC(=O)O)C1CCN2CCCC12. The van der Waals surface area contributed by atoms with Crippen molar-refractivity contribution in [1.82, 2.24) is 9.80 Å². The van der Waals surface area contributed by atoms with Crippen LogP contribution in [0.5, 0.6) is 0 Å². The second-order valence-corrected chi connectivity index (χ2v) is 5.08. The van der Waals surface area contributed by atoms with Gasteiger partial charge in [0.25, 0.3) is 0 Å². The van der Waals surface area contributed by atoms with E-state index in [2.05, 4.69) is 16.8 Å². The normalized spacial score (nSPS) is 29.9. The summed E-state index contributed by atoms with van der Waals surface area (Å²) in [6.07, 6.45) is 4.99. The van der Waals surface area contributed by atoms with E-state index in [1.807, 2.05) is 0 Å². The first kappa shape index (κ1) is 11.9. The maximum absolute atomic E-state index is 10.5. The second-order valence-electron chi connectivity index (χ2n) is 5.08. The molecule has 2 fully saturated rings. The number of carboxylic acid groups (broad SMARTS) is 1. The molecule has 0 aliphatic carbocycles. The Morgan fingerprint density at radius 2 is 2.25 bits per heavy atom. The summed E-state index contributed by atoms with van der Waals surface area (Å²) in [5.74, 6) is -0.678. The lowest BCUT2D eigenvalue weighted by molar-refractivity contribution is -0.137. The molecule has 0 saturated carbocycles. The van der Waals surface area contributed by atoms with E-state index in [1.54, 1.807) is 0 Å². The molecule has 0 amide bonds. The van der Waals surface area contributed by atoms with Crippen LogP contribution in [0.2, 0.25) is 0 Å². The predicted octanol–water partition coefficient (Wildman–Crippen LogP) is 1.02. The van der Waals surface area contributed by atoms with Crippen molar-refractivity contribution in [3.8, 4) is 0 Å². The van der Waals surface area contributed by atoms with Crippen LogP contribution in [-0.2, 0) is 4.79 Å². The standard InChI is InChI=1S/C12H22N2O2/c1-13(7-3-5-12(15)16)10-6-9-14-8-2-4-11(10)14/h10-11H,2-9H2,1H3,(H,15,16). The Balaban J connectivity index is 1.76. The zero-order valence-electron chi connectivity index (χ0n) is 10.1.